The number of sulfonamides is 1. The van der Waals surface area contributed by atoms with Gasteiger partial charge in [-0.05, 0) is 81.7 Å². The first-order valence-corrected chi connectivity index (χ1v) is 16.8. The minimum absolute atomic E-state index is 0.202. The topological polar surface area (TPSA) is 90.2 Å². The summed E-state index contributed by atoms with van der Waals surface area (Å²) in [5.74, 6) is 2.24. The van der Waals surface area contributed by atoms with Crippen LogP contribution in [0.3, 0.4) is 0 Å². The Morgan fingerprint density at radius 2 is 1.71 bits per heavy atom. The van der Waals surface area contributed by atoms with Crippen LogP contribution in [0.4, 0.5) is 21.2 Å². The summed E-state index contributed by atoms with van der Waals surface area (Å²) in [6.45, 7) is 5.56. The van der Waals surface area contributed by atoms with Gasteiger partial charge in [-0.15, -0.1) is 16.4 Å². The van der Waals surface area contributed by atoms with Gasteiger partial charge in [0.05, 0.1) is 17.1 Å². The van der Waals surface area contributed by atoms with Crippen molar-refractivity contribution in [2.75, 3.05) is 69.4 Å². The zero-order valence-corrected chi connectivity index (χ0v) is 26.1. The van der Waals surface area contributed by atoms with E-state index in [0.717, 1.165) is 65.4 Å². The monoisotopic (exact) mass is 612 g/mol. The minimum atomic E-state index is -3.24. The molecule has 1 aromatic carbocycles. The second-order valence-corrected chi connectivity index (χ2v) is 14.4. The van der Waals surface area contributed by atoms with Crippen LogP contribution in [0, 0.1) is 17.7 Å². The molecular weight excluding hydrogens is 576 g/mol. The highest BCUT2D eigenvalue weighted by Gasteiger charge is 2.44. The van der Waals surface area contributed by atoms with Crippen LogP contribution in [0.1, 0.15) is 19.0 Å². The van der Waals surface area contributed by atoms with E-state index in [9.17, 15) is 12.8 Å². The van der Waals surface area contributed by atoms with Crippen molar-refractivity contribution in [3.63, 3.8) is 0 Å². The van der Waals surface area contributed by atoms with Crippen molar-refractivity contribution in [3.8, 4) is 11.3 Å². The molecule has 2 unspecified atom stereocenters. The molecule has 2 atom stereocenters. The lowest BCUT2D eigenvalue weighted by Crippen LogP contribution is -2.35. The maximum atomic E-state index is 13.4. The van der Waals surface area contributed by atoms with Crippen LogP contribution >= 0.6 is 11.3 Å². The maximum absolute atomic E-state index is 13.4. The molecule has 42 heavy (non-hydrogen) atoms. The van der Waals surface area contributed by atoms with Crippen molar-refractivity contribution in [2.45, 2.75) is 19.8 Å². The summed E-state index contributed by atoms with van der Waals surface area (Å²) in [6, 6.07) is 10.4. The molecule has 0 bridgehead atoms. The van der Waals surface area contributed by atoms with Gasteiger partial charge in [0.25, 0.3) is 0 Å². The number of halogens is 1. The molecule has 2 fully saturated rings. The van der Waals surface area contributed by atoms with Gasteiger partial charge in [-0.1, -0.05) is 6.92 Å². The van der Waals surface area contributed by atoms with E-state index in [4.69, 9.17) is 15.1 Å². The Bertz CT molecular complexity index is 1660. The van der Waals surface area contributed by atoms with Gasteiger partial charge in [0, 0.05) is 44.2 Å². The first-order chi connectivity index (χ1) is 20.1. The van der Waals surface area contributed by atoms with Crippen LogP contribution in [-0.4, -0.2) is 96.8 Å². The number of thiazole rings is 1. The molecule has 224 valence electrons. The van der Waals surface area contributed by atoms with E-state index in [1.54, 1.807) is 16.4 Å². The molecule has 0 radical (unpaired) electrons. The molecule has 2 aliphatic rings. The van der Waals surface area contributed by atoms with Crippen molar-refractivity contribution < 1.29 is 12.8 Å². The lowest BCUT2D eigenvalue weighted by atomic mass is 10.0. The summed E-state index contributed by atoms with van der Waals surface area (Å²) in [4.78, 5) is 16.0. The summed E-state index contributed by atoms with van der Waals surface area (Å²) in [7, 11) is 2.66. The summed E-state index contributed by atoms with van der Waals surface area (Å²) in [5.41, 5.74) is 3.34. The van der Waals surface area contributed by atoms with Gasteiger partial charge in [0.15, 0.2) is 16.6 Å². The first-order valence-electron chi connectivity index (χ1n) is 14.3. The van der Waals surface area contributed by atoms with Crippen molar-refractivity contribution in [3.05, 3.63) is 53.3 Å². The van der Waals surface area contributed by atoms with E-state index < -0.39 is 10.0 Å². The molecule has 2 aliphatic heterocycles. The normalized spacial score (nSPS) is 19.3. The van der Waals surface area contributed by atoms with E-state index in [1.165, 1.54) is 23.5 Å². The summed E-state index contributed by atoms with van der Waals surface area (Å²) < 4.78 is 42.9. The molecule has 6 rings (SSSR count). The Kier molecular flexibility index (Phi) is 7.94. The maximum Gasteiger partial charge on any atom is 0.214 e. The molecule has 4 aromatic rings. The third-order valence-electron chi connectivity index (χ3n) is 8.26. The fraction of sp³-hybridized carbons (Fsp3) is 0.483. The van der Waals surface area contributed by atoms with Crippen LogP contribution in [0.15, 0.2) is 41.8 Å². The smallest absolute Gasteiger partial charge is 0.214 e. The second kappa shape index (κ2) is 11.5. The lowest BCUT2D eigenvalue weighted by Gasteiger charge is -2.23. The number of aromatic nitrogens is 4. The van der Waals surface area contributed by atoms with Crippen molar-refractivity contribution >= 4 is 43.8 Å². The predicted molar refractivity (Wildman–Crippen MR) is 166 cm³/mol. The molecule has 0 saturated carbocycles. The van der Waals surface area contributed by atoms with Gasteiger partial charge in [-0.2, -0.15) is 4.52 Å². The van der Waals surface area contributed by atoms with Crippen LogP contribution in [0.5, 0.6) is 0 Å². The number of aryl methyl sites for hydroxylation is 1. The van der Waals surface area contributed by atoms with Gasteiger partial charge in [0.1, 0.15) is 11.6 Å². The lowest BCUT2D eigenvalue weighted by molar-refractivity contribution is 0.402. The Morgan fingerprint density at radius 1 is 1.00 bits per heavy atom. The Balaban J connectivity index is 1.20. The van der Waals surface area contributed by atoms with Gasteiger partial charge < -0.3 is 14.7 Å². The fourth-order valence-electron chi connectivity index (χ4n) is 6.02. The SMILES string of the molecule is CCc1nc2ccc(N3CC4CN(S(=O)(=O)CCCN(C)C)CC4C3)nn2c1N(C)c1nc(-c2ccc(F)cc2)cs1. The summed E-state index contributed by atoms with van der Waals surface area (Å²) in [6.07, 6.45) is 1.38. The number of hydrogen-bond donors (Lipinski definition) is 0. The van der Waals surface area contributed by atoms with Crippen molar-refractivity contribution in [2.24, 2.45) is 11.8 Å². The average molecular weight is 613 g/mol. The third kappa shape index (κ3) is 5.62. The minimum Gasteiger partial charge on any atom is -0.355 e. The molecule has 5 heterocycles. The van der Waals surface area contributed by atoms with Crippen molar-refractivity contribution in [1.82, 2.24) is 28.8 Å². The summed E-state index contributed by atoms with van der Waals surface area (Å²) >= 11 is 1.52. The molecule has 0 amide bonds. The quantitative estimate of drug-likeness (QED) is 0.266. The van der Waals surface area contributed by atoms with E-state index in [1.807, 2.05) is 53.0 Å². The molecule has 2 saturated heterocycles. The molecule has 13 heteroatoms. The number of imidazole rings is 1. The number of rotatable bonds is 10. The average Bonchev–Trinajstić information content (AvgIpc) is 3.74. The van der Waals surface area contributed by atoms with Crippen LogP contribution in [-0.2, 0) is 16.4 Å². The van der Waals surface area contributed by atoms with E-state index >= 15 is 0 Å². The highest BCUT2D eigenvalue weighted by molar-refractivity contribution is 7.89. The highest BCUT2D eigenvalue weighted by atomic mass is 32.2. The van der Waals surface area contributed by atoms with Crippen LogP contribution in [0.2, 0.25) is 0 Å². The van der Waals surface area contributed by atoms with Gasteiger partial charge >= 0.3 is 0 Å². The largest absolute Gasteiger partial charge is 0.355 e. The third-order valence-corrected chi connectivity index (χ3v) is 11.1. The Labute approximate surface area is 250 Å². The van der Waals surface area contributed by atoms with Crippen molar-refractivity contribution in [1.29, 1.82) is 0 Å². The molecule has 3 aromatic heterocycles. The summed E-state index contributed by atoms with van der Waals surface area (Å²) in [5, 5.41) is 7.80. The zero-order chi connectivity index (χ0) is 29.6. The second-order valence-electron chi connectivity index (χ2n) is 11.5. The van der Waals surface area contributed by atoms with Gasteiger partial charge in [0.2, 0.25) is 10.0 Å². The zero-order valence-electron chi connectivity index (χ0n) is 24.4. The first kappa shape index (κ1) is 29.0. The van der Waals surface area contributed by atoms with Crippen LogP contribution in [0.25, 0.3) is 16.9 Å². The standard InChI is InChI=1S/C29H37FN8O2S2/c1-5-24-28(35(4)29-32-25(19-41-29)20-7-9-23(30)10-8-20)38-26(31-24)11-12-27(33-38)36-15-21-17-37(18-22(21)16-36)42(39,40)14-6-13-34(2)3/h7-12,19,21-22H,5-6,13-18H2,1-4H3. The molecular formula is C29H37FN8O2S2. The predicted octanol–water partition coefficient (Wildman–Crippen LogP) is 3.97. The van der Waals surface area contributed by atoms with E-state index in [2.05, 4.69) is 11.8 Å². The fourth-order valence-corrected chi connectivity index (χ4v) is 8.41. The number of nitrogens with zero attached hydrogens (tertiary/aromatic N) is 8. The van der Waals surface area contributed by atoms with Gasteiger partial charge in [-0.25, -0.2) is 27.1 Å². The Morgan fingerprint density at radius 3 is 2.38 bits per heavy atom. The molecule has 0 aliphatic carbocycles. The molecule has 0 spiro atoms. The van der Waals surface area contributed by atoms with Crippen LogP contribution < -0.4 is 9.80 Å². The van der Waals surface area contributed by atoms with E-state index in [-0.39, 0.29) is 11.6 Å². The Hall–Kier alpha value is -3.13. The highest BCUT2D eigenvalue weighted by Crippen LogP contribution is 2.36. The molecule has 0 N–H and O–H groups in total. The number of hydrogen-bond acceptors (Lipinski definition) is 9. The molecule has 10 nitrogen and oxygen atoms in total. The van der Waals surface area contributed by atoms with E-state index in [0.29, 0.717) is 31.3 Å². The van der Waals surface area contributed by atoms with Gasteiger partial charge in [-0.3, -0.25) is 0 Å². The number of anilines is 3. The number of fused-ring (bicyclic) bond motifs is 2. The number of benzene rings is 1.